The van der Waals surface area contributed by atoms with Crippen molar-refractivity contribution in [1.82, 2.24) is 15.5 Å². The van der Waals surface area contributed by atoms with E-state index in [1.165, 1.54) is 5.56 Å². The number of rotatable bonds is 9. The second-order valence-corrected chi connectivity index (χ2v) is 5.57. The number of methoxy groups -OCH3 is 1. The third-order valence-corrected chi connectivity index (χ3v) is 3.52. The molecule has 5 nitrogen and oxygen atoms in total. The molecule has 0 radical (unpaired) electrons. The molecule has 0 spiro atoms. The summed E-state index contributed by atoms with van der Waals surface area (Å²) >= 11 is 5.88. The minimum atomic E-state index is 0. The highest BCUT2D eigenvalue weighted by Crippen LogP contribution is 2.08. The number of halogens is 2. The van der Waals surface area contributed by atoms with Crippen molar-refractivity contribution in [1.29, 1.82) is 0 Å². The Morgan fingerprint density at radius 3 is 2.52 bits per heavy atom. The average Bonchev–Trinajstić information content (AvgIpc) is 2.52. The SMILES string of the molecule is CN=C(NCCN(C)CCCOC)NCc1ccc(Cl)cc1.I. The highest BCUT2D eigenvalue weighted by Gasteiger charge is 2.01. The van der Waals surface area contributed by atoms with E-state index in [0.29, 0.717) is 0 Å². The number of nitrogens with zero attached hydrogens (tertiary/aromatic N) is 2. The Morgan fingerprint density at radius 2 is 1.91 bits per heavy atom. The van der Waals surface area contributed by atoms with Crippen molar-refractivity contribution >= 4 is 41.5 Å². The van der Waals surface area contributed by atoms with Gasteiger partial charge in [-0.25, -0.2) is 0 Å². The summed E-state index contributed by atoms with van der Waals surface area (Å²) in [6.45, 7) is 4.38. The summed E-state index contributed by atoms with van der Waals surface area (Å²) in [6.07, 6.45) is 1.05. The fourth-order valence-corrected chi connectivity index (χ4v) is 2.09. The van der Waals surface area contributed by atoms with Crippen LogP contribution < -0.4 is 10.6 Å². The fourth-order valence-electron chi connectivity index (χ4n) is 1.96. The normalized spacial score (nSPS) is 11.3. The highest BCUT2D eigenvalue weighted by molar-refractivity contribution is 14.0. The van der Waals surface area contributed by atoms with Crippen LogP contribution in [0.1, 0.15) is 12.0 Å². The lowest BCUT2D eigenvalue weighted by Gasteiger charge is -2.18. The van der Waals surface area contributed by atoms with Gasteiger partial charge in [0.2, 0.25) is 0 Å². The first-order valence-electron chi connectivity index (χ1n) is 7.52. The highest BCUT2D eigenvalue weighted by atomic mass is 127. The maximum Gasteiger partial charge on any atom is 0.191 e. The van der Waals surface area contributed by atoms with Gasteiger partial charge in [-0.1, -0.05) is 23.7 Å². The van der Waals surface area contributed by atoms with Crippen LogP contribution in [0.4, 0.5) is 0 Å². The van der Waals surface area contributed by atoms with Crippen molar-refractivity contribution in [3.05, 3.63) is 34.9 Å². The van der Waals surface area contributed by atoms with E-state index in [4.69, 9.17) is 16.3 Å². The Bertz CT molecular complexity index is 442. The molecule has 0 bridgehead atoms. The van der Waals surface area contributed by atoms with Gasteiger partial charge in [0.1, 0.15) is 0 Å². The van der Waals surface area contributed by atoms with E-state index in [2.05, 4.69) is 27.6 Å². The van der Waals surface area contributed by atoms with Crippen LogP contribution in [-0.4, -0.2) is 58.3 Å². The van der Waals surface area contributed by atoms with Gasteiger partial charge in [-0.3, -0.25) is 4.99 Å². The average molecular weight is 455 g/mol. The molecule has 0 aromatic heterocycles. The van der Waals surface area contributed by atoms with Gasteiger partial charge >= 0.3 is 0 Å². The Kier molecular flexibility index (Phi) is 13.5. The molecule has 0 saturated carbocycles. The standard InChI is InChI=1S/C16H27ClN4O.HI/c1-18-16(19-9-11-21(2)10-4-12-22-3)20-13-14-5-7-15(17)8-6-14;/h5-8H,4,9-13H2,1-3H3,(H2,18,19,20);1H. The minimum absolute atomic E-state index is 0. The Hall–Kier alpha value is -0.570. The van der Waals surface area contributed by atoms with E-state index in [1.807, 2.05) is 24.3 Å². The van der Waals surface area contributed by atoms with E-state index in [1.54, 1.807) is 14.2 Å². The first-order valence-corrected chi connectivity index (χ1v) is 7.90. The van der Waals surface area contributed by atoms with Crippen LogP contribution in [-0.2, 0) is 11.3 Å². The summed E-state index contributed by atoms with van der Waals surface area (Å²) in [5.74, 6) is 0.806. The van der Waals surface area contributed by atoms with Crippen LogP contribution in [0.2, 0.25) is 5.02 Å². The maximum atomic E-state index is 5.88. The largest absolute Gasteiger partial charge is 0.385 e. The summed E-state index contributed by atoms with van der Waals surface area (Å²) in [5, 5.41) is 7.35. The summed E-state index contributed by atoms with van der Waals surface area (Å²) in [5.41, 5.74) is 1.17. The van der Waals surface area contributed by atoms with Crippen molar-refractivity contribution in [2.75, 3.05) is 47.4 Å². The number of guanidine groups is 1. The molecule has 2 N–H and O–H groups in total. The van der Waals surface area contributed by atoms with Crippen LogP contribution in [0.15, 0.2) is 29.3 Å². The topological polar surface area (TPSA) is 48.9 Å². The third kappa shape index (κ3) is 10.8. The summed E-state index contributed by atoms with van der Waals surface area (Å²) < 4.78 is 5.05. The van der Waals surface area contributed by atoms with E-state index in [9.17, 15) is 0 Å². The van der Waals surface area contributed by atoms with Crippen LogP contribution in [0.25, 0.3) is 0 Å². The van der Waals surface area contributed by atoms with Crippen molar-refractivity contribution < 1.29 is 4.74 Å². The number of likely N-dealkylation sites (N-methyl/N-ethyl adjacent to an activating group) is 1. The van der Waals surface area contributed by atoms with E-state index < -0.39 is 0 Å². The van der Waals surface area contributed by atoms with Crippen molar-refractivity contribution in [3.8, 4) is 0 Å². The smallest absolute Gasteiger partial charge is 0.191 e. The molecule has 132 valence electrons. The lowest BCUT2D eigenvalue weighted by atomic mass is 10.2. The van der Waals surface area contributed by atoms with Crippen molar-refractivity contribution in [3.63, 3.8) is 0 Å². The number of ether oxygens (including phenoxy) is 1. The molecule has 0 atom stereocenters. The van der Waals surface area contributed by atoms with Gasteiger partial charge in [0.05, 0.1) is 0 Å². The van der Waals surface area contributed by atoms with Gasteiger partial charge in [-0.15, -0.1) is 24.0 Å². The monoisotopic (exact) mass is 454 g/mol. The molecule has 0 aliphatic rings. The molecule has 1 rings (SSSR count). The van der Waals surface area contributed by atoms with E-state index >= 15 is 0 Å². The molecule has 1 aromatic rings. The predicted molar refractivity (Wildman–Crippen MR) is 109 cm³/mol. The molecule has 23 heavy (non-hydrogen) atoms. The molecule has 0 unspecified atom stereocenters. The van der Waals surface area contributed by atoms with Gasteiger partial charge in [0, 0.05) is 52.0 Å². The number of aliphatic imine (C=N–C) groups is 1. The van der Waals surface area contributed by atoms with Crippen molar-refractivity contribution in [2.24, 2.45) is 4.99 Å². The molecule has 0 aliphatic carbocycles. The Labute approximate surface area is 161 Å². The number of benzene rings is 1. The zero-order valence-electron chi connectivity index (χ0n) is 14.1. The molecule has 0 aliphatic heterocycles. The summed E-state index contributed by atoms with van der Waals surface area (Å²) in [7, 11) is 5.62. The van der Waals surface area contributed by atoms with Gasteiger partial charge in [-0.05, 0) is 31.2 Å². The molecule has 0 saturated heterocycles. The second kappa shape index (κ2) is 13.8. The lowest BCUT2D eigenvalue weighted by molar-refractivity contribution is 0.180. The zero-order valence-corrected chi connectivity index (χ0v) is 17.2. The van der Waals surface area contributed by atoms with Gasteiger partial charge in [0.25, 0.3) is 0 Å². The molecule has 0 fully saturated rings. The molecular weight excluding hydrogens is 427 g/mol. The molecule has 0 amide bonds. The maximum absolute atomic E-state index is 5.88. The van der Waals surface area contributed by atoms with Crippen LogP contribution in [0.5, 0.6) is 0 Å². The lowest BCUT2D eigenvalue weighted by Crippen LogP contribution is -2.40. The second-order valence-electron chi connectivity index (χ2n) is 5.13. The predicted octanol–water partition coefficient (Wildman–Crippen LogP) is 2.59. The third-order valence-electron chi connectivity index (χ3n) is 3.27. The number of nitrogens with one attached hydrogen (secondary N) is 2. The molecule has 7 heteroatoms. The molecular formula is C16H28ClIN4O. The number of hydrogen-bond acceptors (Lipinski definition) is 3. The van der Waals surface area contributed by atoms with Gasteiger partial charge in [0.15, 0.2) is 5.96 Å². The fraction of sp³-hybridized carbons (Fsp3) is 0.562. The Balaban J connectivity index is 0.00000484. The van der Waals surface area contributed by atoms with Crippen LogP contribution in [0, 0.1) is 0 Å². The van der Waals surface area contributed by atoms with Crippen molar-refractivity contribution in [2.45, 2.75) is 13.0 Å². The van der Waals surface area contributed by atoms with E-state index in [0.717, 1.165) is 50.2 Å². The minimum Gasteiger partial charge on any atom is -0.385 e. The first kappa shape index (κ1) is 22.4. The van der Waals surface area contributed by atoms with Gasteiger partial charge in [-0.2, -0.15) is 0 Å². The van der Waals surface area contributed by atoms with Crippen LogP contribution >= 0.6 is 35.6 Å². The number of hydrogen-bond donors (Lipinski definition) is 2. The Morgan fingerprint density at radius 1 is 1.22 bits per heavy atom. The van der Waals surface area contributed by atoms with Crippen LogP contribution in [0.3, 0.4) is 0 Å². The molecule has 0 heterocycles. The summed E-state index contributed by atoms with van der Waals surface area (Å²) in [6, 6.07) is 7.80. The zero-order chi connectivity index (χ0) is 16.2. The first-order chi connectivity index (χ1) is 10.7. The quantitative estimate of drug-likeness (QED) is 0.261. The van der Waals surface area contributed by atoms with E-state index in [-0.39, 0.29) is 24.0 Å². The summed E-state index contributed by atoms with van der Waals surface area (Å²) in [4.78, 5) is 6.50. The van der Waals surface area contributed by atoms with Gasteiger partial charge < -0.3 is 20.3 Å². The molecule has 1 aromatic carbocycles.